The van der Waals surface area contributed by atoms with Crippen molar-refractivity contribution in [3.63, 3.8) is 0 Å². The van der Waals surface area contributed by atoms with Crippen LogP contribution in [0.5, 0.6) is 0 Å². The van der Waals surface area contributed by atoms with E-state index in [-0.39, 0.29) is 23.9 Å². The number of ether oxygens (including phenoxy) is 5. The molecule has 0 spiro atoms. The molecule has 5 heterocycles. The lowest BCUT2D eigenvalue weighted by atomic mass is 9.99. The van der Waals surface area contributed by atoms with Gasteiger partial charge in [-0.15, -0.1) is 0 Å². The normalized spacial score (nSPS) is 19.6. The number of imidazole rings is 1. The minimum absolute atomic E-state index is 0.201. The summed E-state index contributed by atoms with van der Waals surface area (Å²) in [4.78, 5) is 67.4. The highest BCUT2D eigenvalue weighted by molar-refractivity contribution is 5.88. The number of hydrogen-bond donors (Lipinski definition) is 4. The summed E-state index contributed by atoms with van der Waals surface area (Å²) in [6, 6.07) is 14.4. The average Bonchev–Trinajstić information content (AvgIpc) is 4.13. The van der Waals surface area contributed by atoms with Crippen LogP contribution in [0.4, 0.5) is 9.59 Å². The van der Waals surface area contributed by atoms with Gasteiger partial charge >= 0.3 is 12.2 Å². The second kappa shape index (κ2) is 18.7. The number of carbonyl (C=O) groups excluding carboxylic acids is 4. The number of carbonyl (C=O) groups is 4. The molecule has 0 bridgehead atoms. The zero-order chi connectivity index (χ0) is 42.5. The number of fused-ring (bicyclic) bond motifs is 1. The van der Waals surface area contributed by atoms with Crippen LogP contribution in [0.3, 0.4) is 0 Å². The second-order valence-corrected chi connectivity index (χ2v) is 15.5. The largest absolute Gasteiger partial charge is 0.453 e. The topological polar surface area (TPSA) is 189 Å². The second-order valence-electron chi connectivity index (χ2n) is 15.5. The quantitative estimate of drug-likeness (QED) is 0.124. The molecule has 16 heteroatoms. The maximum atomic E-state index is 13.9. The van der Waals surface area contributed by atoms with E-state index in [1.54, 1.807) is 24.9 Å². The highest BCUT2D eigenvalue weighted by Gasteiger charge is 2.41. The number of benzene rings is 2. The summed E-state index contributed by atoms with van der Waals surface area (Å²) in [5.74, 6) is 0.230. The highest BCUT2D eigenvalue weighted by Crippen LogP contribution is 2.42. The van der Waals surface area contributed by atoms with Gasteiger partial charge in [0.15, 0.2) is 0 Å². The van der Waals surface area contributed by atoms with E-state index in [4.69, 9.17) is 28.7 Å². The van der Waals surface area contributed by atoms with Crippen molar-refractivity contribution in [3.8, 4) is 33.6 Å². The van der Waals surface area contributed by atoms with Crippen LogP contribution in [-0.2, 0) is 46.5 Å². The number of alkyl carbamates (subject to hydrolysis) is 2. The summed E-state index contributed by atoms with van der Waals surface area (Å²) in [5, 5.41) is 5.31. The Morgan fingerprint density at radius 2 is 1.20 bits per heavy atom. The predicted molar refractivity (Wildman–Crippen MR) is 221 cm³/mol. The minimum Gasteiger partial charge on any atom is -0.453 e. The fraction of sp³-hybridized carbons (Fsp3) is 0.477. The summed E-state index contributed by atoms with van der Waals surface area (Å²) in [6.07, 6.45) is 3.44. The summed E-state index contributed by atoms with van der Waals surface area (Å²) in [5.41, 5.74) is 9.03. The molecule has 4 aromatic rings. The van der Waals surface area contributed by atoms with E-state index in [0.29, 0.717) is 32.1 Å². The van der Waals surface area contributed by atoms with E-state index in [9.17, 15) is 19.2 Å². The Balaban J connectivity index is 1.06. The Morgan fingerprint density at radius 1 is 0.683 bits per heavy atom. The lowest BCUT2D eigenvalue weighted by Crippen LogP contribution is -2.55. The molecule has 60 heavy (non-hydrogen) atoms. The van der Waals surface area contributed by atoms with Crippen LogP contribution >= 0.6 is 0 Å². The number of amides is 4. The number of methoxy groups -OCH3 is 4. The van der Waals surface area contributed by atoms with Crippen molar-refractivity contribution in [2.75, 3.05) is 41.5 Å². The molecule has 16 nitrogen and oxygen atoms in total. The van der Waals surface area contributed by atoms with Gasteiger partial charge in [-0.1, -0.05) is 48.5 Å². The third kappa shape index (κ3) is 8.62. The molecular formula is C44H55N7O9. The third-order valence-electron chi connectivity index (χ3n) is 12.1. The van der Waals surface area contributed by atoms with Gasteiger partial charge in [-0.05, 0) is 68.2 Å². The van der Waals surface area contributed by atoms with Crippen LogP contribution in [0.25, 0.3) is 33.6 Å². The molecule has 2 saturated heterocycles. The molecule has 0 unspecified atom stereocenters. The molecule has 7 rings (SSSR count). The first-order chi connectivity index (χ1) is 29.1. The van der Waals surface area contributed by atoms with Crippen molar-refractivity contribution in [3.05, 3.63) is 77.4 Å². The van der Waals surface area contributed by atoms with Crippen molar-refractivity contribution < 1.29 is 42.9 Å². The van der Waals surface area contributed by atoms with Crippen molar-refractivity contribution in [2.45, 2.75) is 95.5 Å². The minimum atomic E-state index is -0.905. The first-order valence-corrected chi connectivity index (χ1v) is 20.5. The fourth-order valence-electron chi connectivity index (χ4n) is 8.60. The smallest absolute Gasteiger partial charge is 0.407 e. The molecule has 4 amide bonds. The Kier molecular flexibility index (Phi) is 13.2. The van der Waals surface area contributed by atoms with Gasteiger partial charge in [-0.2, -0.15) is 0 Å². The summed E-state index contributed by atoms with van der Waals surface area (Å²) in [6.45, 7) is 5.53. The molecule has 2 aromatic carbocycles. The number of piperidine rings is 1. The molecule has 0 aliphatic carbocycles. The molecular weight excluding hydrogens is 771 g/mol. The lowest BCUT2D eigenvalue weighted by Gasteiger charge is -2.37. The van der Waals surface area contributed by atoms with Crippen molar-refractivity contribution in [1.29, 1.82) is 0 Å². The summed E-state index contributed by atoms with van der Waals surface area (Å²) < 4.78 is 26.4. The molecule has 3 aliphatic heterocycles. The SMILES string of the molecule is COC(=O)N[C@H](C(=O)N1CCCC[C@H]1c1ncc(-c2ccc(-c3ccc(-c4[nH]c([C@@H]5CCCN5C(=O)[C@@H](NC(=O)OC)[C@@H](C)OC)c5c4COC5)cc3)cc2)[nH]1)[C@@H](C)OC. The predicted octanol–water partition coefficient (Wildman–Crippen LogP) is 6.01. The van der Waals surface area contributed by atoms with Gasteiger partial charge in [-0.3, -0.25) is 9.59 Å². The van der Waals surface area contributed by atoms with Gasteiger partial charge in [0.25, 0.3) is 0 Å². The van der Waals surface area contributed by atoms with Gasteiger partial charge in [0, 0.05) is 44.1 Å². The monoisotopic (exact) mass is 825 g/mol. The number of aromatic amines is 2. The molecule has 0 saturated carbocycles. The van der Waals surface area contributed by atoms with Gasteiger partial charge in [0.1, 0.15) is 17.9 Å². The first kappa shape index (κ1) is 42.4. The van der Waals surface area contributed by atoms with E-state index in [2.05, 4.69) is 69.1 Å². The van der Waals surface area contributed by atoms with Crippen LogP contribution in [0, 0.1) is 0 Å². The van der Waals surface area contributed by atoms with Crippen LogP contribution in [0.2, 0.25) is 0 Å². The number of rotatable bonds is 13. The van der Waals surface area contributed by atoms with Gasteiger partial charge < -0.3 is 54.1 Å². The highest BCUT2D eigenvalue weighted by atomic mass is 16.5. The van der Waals surface area contributed by atoms with E-state index in [1.807, 2.05) is 4.90 Å². The molecule has 0 radical (unpaired) electrons. The van der Waals surface area contributed by atoms with E-state index < -0.39 is 36.5 Å². The molecule has 3 aliphatic rings. The van der Waals surface area contributed by atoms with Crippen LogP contribution in [-0.4, -0.2) is 115 Å². The number of aromatic nitrogens is 3. The zero-order valence-corrected chi connectivity index (χ0v) is 35.0. The Bertz CT molecular complexity index is 2150. The maximum absolute atomic E-state index is 13.9. The molecule has 320 valence electrons. The Labute approximate surface area is 349 Å². The molecule has 4 N–H and O–H groups in total. The van der Waals surface area contributed by atoms with E-state index in [0.717, 1.165) is 82.6 Å². The van der Waals surface area contributed by atoms with Crippen LogP contribution in [0.15, 0.2) is 54.7 Å². The number of H-pyrrole nitrogens is 2. The van der Waals surface area contributed by atoms with E-state index >= 15 is 0 Å². The first-order valence-electron chi connectivity index (χ1n) is 20.5. The Morgan fingerprint density at radius 3 is 1.78 bits per heavy atom. The third-order valence-corrected chi connectivity index (χ3v) is 12.1. The molecule has 2 aromatic heterocycles. The van der Waals surface area contributed by atoms with Crippen molar-refractivity contribution in [2.24, 2.45) is 0 Å². The van der Waals surface area contributed by atoms with Gasteiger partial charge in [-0.25, -0.2) is 14.6 Å². The fourth-order valence-corrected chi connectivity index (χ4v) is 8.60. The standard InChI is InChI=1S/C44H55N7O9/c1-25(56-3)36(48-43(54)58-5)41(52)50-21-9-11-34(50)39-32-24-60-23-31(32)38(47-39)30-18-14-28(15-19-30)27-12-16-29(17-13-27)33-22-45-40(46-33)35-10-7-8-20-51(35)42(53)37(26(2)57-4)49-44(55)59-6/h12-19,22,25-26,34-37,47H,7-11,20-21,23-24H2,1-6H3,(H,45,46)(H,48,54)(H,49,55)/t25-,26-,34+,35+,36+,37+/m1/s1. The number of likely N-dealkylation sites (tertiary alicyclic amines) is 2. The number of hydrogen-bond acceptors (Lipinski definition) is 10. The molecule has 6 atom stereocenters. The van der Waals surface area contributed by atoms with E-state index in [1.165, 1.54) is 28.4 Å². The zero-order valence-electron chi connectivity index (χ0n) is 35.0. The Hall–Kier alpha value is -5.71. The summed E-state index contributed by atoms with van der Waals surface area (Å²) >= 11 is 0. The lowest BCUT2D eigenvalue weighted by molar-refractivity contribution is -0.140. The van der Waals surface area contributed by atoms with Crippen LogP contribution in [0.1, 0.15) is 80.7 Å². The van der Waals surface area contributed by atoms with Gasteiger partial charge in [0.05, 0.1) is 69.3 Å². The number of nitrogens with zero attached hydrogens (tertiary/aromatic N) is 3. The van der Waals surface area contributed by atoms with Crippen molar-refractivity contribution >= 4 is 24.0 Å². The summed E-state index contributed by atoms with van der Waals surface area (Å²) in [7, 11) is 5.55. The van der Waals surface area contributed by atoms with Crippen molar-refractivity contribution in [1.82, 2.24) is 35.4 Å². The maximum Gasteiger partial charge on any atom is 0.407 e. The van der Waals surface area contributed by atoms with Gasteiger partial charge in [0.2, 0.25) is 11.8 Å². The number of nitrogens with one attached hydrogen (secondary N) is 4. The van der Waals surface area contributed by atoms with Crippen LogP contribution < -0.4 is 10.6 Å². The molecule has 2 fully saturated rings. The average molecular weight is 826 g/mol.